The molecule has 10 rings (SSSR count). The second-order valence-electron chi connectivity index (χ2n) is 13.6. The van der Waals surface area contributed by atoms with E-state index in [0.29, 0.717) is 0 Å². The van der Waals surface area contributed by atoms with Gasteiger partial charge in [-0.1, -0.05) is 157 Å². The van der Waals surface area contributed by atoms with Crippen molar-refractivity contribution in [1.82, 2.24) is 5.32 Å². The third-order valence-corrected chi connectivity index (χ3v) is 13.0. The Morgan fingerprint density at radius 3 is 2.06 bits per heavy atom. The van der Waals surface area contributed by atoms with Gasteiger partial charge in [-0.2, -0.15) is 0 Å². The number of dihydropyridines is 1. The molecule has 52 heavy (non-hydrogen) atoms. The van der Waals surface area contributed by atoms with Crippen molar-refractivity contribution >= 4 is 34.9 Å². The van der Waals surface area contributed by atoms with E-state index >= 15 is 0 Å². The minimum absolute atomic E-state index is 0.471. The van der Waals surface area contributed by atoms with Gasteiger partial charge in [0, 0.05) is 48.8 Å². The fourth-order valence-corrected chi connectivity index (χ4v) is 10.9. The molecule has 4 heteroatoms. The normalized spacial score (nSPS) is 17.9. The van der Waals surface area contributed by atoms with Crippen LogP contribution in [0.2, 0.25) is 0 Å². The summed E-state index contributed by atoms with van der Waals surface area (Å²) in [5.74, 6) is 0. The topological polar surface area (TPSA) is 24.1 Å². The molecule has 1 aliphatic carbocycles. The van der Waals surface area contributed by atoms with E-state index in [-0.39, 0.29) is 0 Å². The average Bonchev–Trinajstić information content (AvgIpc) is 3.21. The van der Waals surface area contributed by atoms with Crippen LogP contribution in [0.5, 0.6) is 0 Å². The van der Waals surface area contributed by atoms with Gasteiger partial charge in [0.05, 0.1) is 5.41 Å². The Bertz CT molecular complexity index is 2490. The molecule has 0 saturated heterocycles. The Balaban J connectivity index is 1.20. The van der Waals surface area contributed by atoms with Crippen LogP contribution in [0.1, 0.15) is 40.7 Å². The van der Waals surface area contributed by atoms with Gasteiger partial charge in [-0.3, -0.25) is 0 Å². The molecule has 6 aromatic rings. The molecular formula is C48H36N2S2. The number of benzene rings is 6. The molecule has 0 radical (unpaired) electrons. The SMILES string of the molecule is C1=CCCC(Nc2cc(-c3cccc4c3Sc3ccccc3C43c4ccccc4Sc4cc(C5=CC=CCN5)ccc43)ccc2-c2ccccc2)=C1. The second kappa shape index (κ2) is 13.0. The maximum atomic E-state index is 3.86. The average molecular weight is 705 g/mol. The highest BCUT2D eigenvalue weighted by molar-refractivity contribution is 8.00. The van der Waals surface area contributed by atoms with Crippen LogP contribution >= 0.6 is 23.5 Å². The van der Waals surface area contributed by atoms with Crippen molar-refractivity contribution in [3.8, 4) is 22.3 Å². The third kappa shape index (κ3) is 5.12. The Hall–Kier alpha value is -5.42. The summed E-state index contributed by atoms with van der Waals surface area (Å²) in [6.07, 6.45) is 15.2. The Morgan fingerprint density at radius 2 is 1.27 bits per heavy atom. The van der Waals surface area contributed by atoms with Crippen LogP contribution in [0.3, 0.4) is 0 Å². The molecule has 1 atom stereocenters. The zero-order chi connectivity index (χ0) is 34.5. The molecule has 0 saturated carbocycles. The van der Waals surface area contributed by atoms with Crippen LogP contribution in [0.15, 0.2) is 195 Å². The molecule has 2 N–H and O–H groups in total. The molecule has 0 fully saturated rings. The predicted molar refractivity (Wildman–Crippen MR) is 219 cm³/mol. The van der Waals surface area contributed by atoms with E-state index in [2.05, 4.69) is 181 Å². The zero-order valence-electron chi connectivity index (χ0n) is 28.6. The van der Waals surface area contributed by atoms with Crippen molar-refractivity contribution in [3.05, 3.63) is 203 Å². The summed E-state index contributed by atoms with van der Waals surface area (Å²) in [6, 6.07) is 50.0. The first-order chi connectivity index (χ1) is 25.8. The molecule has 3 heterocycles. The first-order valence-corrected chi connectivity index (χ1v) is 19.7. The molecule has 0 bridgehead atoms. The maximum Gasteiger partial charge on any atom is 0.0745 e. The lowest BCUT2D eigenvalue weighted by atomic mass is 9.64. The summed E-state index contributed by atoms with van der Waals surface area (Å²) in [4.78, 5) is 5.24. The zero-order valence-corrected chi connectivity index (χ0v) is 30.2. The van der Waals surface area contributed by atoms with Crippen molar-refractivity contribution in [1.29, 1.82) is 0 Å². The van der Waals surface area contributed by atoms with Crippen LogP contribution in [-0.2, 0) is 5.41 Å². The van der Waals surface area contributed by atoms with Crippen molar-refractivity contribution in [2.75, 3.05) is 11.9 Å². The first-order valence-electron chi connectivity index (χ1n) is 18.0. The van der Waals surface area contributed by atoms with Crippen LogP contribution in [0.25, 0.3) is 28.0 Å². The van der Waals surface area contributed by atoms with Gasteiger partial charge >= 0.3 is 0 Å². The summed E-state index contributed by atoms with van der Waals surface area (Å²) in [5.41, 5.74) is 14.6. The summed E-state index contributed by atoms with van der Waals surface area (Å²) in [6.45, 7) is 0.849. The highest BCUT2D eigenvalue weighted by Gasteiger charge is 2.49. The van der Waals surface area contributed by atoms with Gasteiger partial charge in [-0.05, 0) is 93.8 Å². The molecule has 2 nitrogen and oxygen atoms in total. The number of rotatable bonds is 5. The number of fused-ring (bicyclic) bond motifs is 8. The smallest absolute Gasteiger partial charge is 0.0745 e. The third-order valence-electron chi connectivity index (χ3n) is 10.7. The predicted octanol–water partition coefficient (Wildman–Crippen LogP) is 12.5. The molecule has 6 aromatic carbocycles. The molecule has 1 spiro atoms. The molecule has 0 amide bonds. The quantitative estimate of drug-likeness (QED) is 0.186. The summed E-state index contributed by atoms with van der Waals surface area (Å²) in [5, 5.41) is 7.44. The molecular weight excluding hydrogens is 669 g/mol. The first kappa shape index (κ1) is 31.3. The van der Waals surface area contributed by atoms with Gasteiger partial charge in [0.1, 0.15) is 0 Å². The van der Waals surface area contributed by atoms with E-state index in [1.165, 1.54) is 81.0 Å². The minimum atomic E-state index is -0.471. The highest BCUT2D eigenvalue weighted by Crippen LogP contribution is 2.63. The molecule has 4 aliphatic rings. The van der Waals surface area contributed by atoms with Gasteiger partial charge < -0.3 is 10.6 Å². The van der Waals surface area contributed by atoms with Crippen molar-refractivity contribution in [2.24, 2.45) is 0 Å². The monoisotopic (exact) mass is 704 g/mol. The lowest BCUT2D eigenvalue weighted by Crippen LogP contribution is -2.37. The van der Waals surface area contributed by atoms with Gasteiger partial charge in [-0.25, -0.2) is 0 Å². The van der Waals surface area contributed by atoms with Gasteiger partial charge in [0.25, 0.3) is 0 Å². The number of anilines is 1. The highest BCUT2D eigenvalue weighted by atomic mass is 32.2. The number of allylic oxidation sites excluding steroid dienone is 6. The van der Waals surface area contributed by atoms with Crippen LogP contribution < -0.4 is 10.6 Å². The Labute approximate surface area is 314 Å². The number of nitrogens with one attached hydrogen (secondary N) is 2. The standard InChI is InChI=1S/C48H36N2S2/c1-3-14-32(15-4-1)36-27-25-33(30-43(36)50-35-16-5-2-6-17-35)37-18-13-21-41-47(37)52-45-24-10-8-20-39(45)48(41)38-19-7-9-23-44(38)51-46-31-34(26-28-40(46)48)42-22-11-12-29-49-42/h1-5,7-16,18-28,30-31,49-50H,6,17,29H2. The molecule has 3 aliphatic heterocycles. The van der Waals surface area contributed by atoms with E-state index in [1.807, 2.05) is 23.5 Å². The molecule has 1 unspecified atom stereocenters. The van der Waals surface area contributed by atoms with E-state index in [9.17, 15) is 0 Å². The Morgan fingerprint density at radius 1 is 0.538 bits per heavy atom. The van der Waals surface area contributed by atoms with Gasteiger partial charge in [0.15, 0.2) is 0 Å². The summed E-state index contributed by atoms with van der Waals surface area (Å²) < 4.78 is 0. The largest absolute Gasteiger partial charge is 0.381 e. The number of hydrogen-bond donors (Lipinski definition) is 2. The second-order valence-corrected chi connectivity index (χ2v) is 15.8. The van der Waals surface area contributed by atoms with Crippen LogP contribution in [0, 0.1) is 0 Å². The van der Waals surface area contributed by atoms with E-state index in [1.54, 1.807) is 0 Å². The molecule has 0 aromatic heterocycles. The van der Waals surface area contributed by atoms with Crippen molar-refractivity contribution < 1.29 is 0 Å². The van der Waals surface area contributed by atoms with Crippen LogP contribution in [-0.4, -0.2) is 6.54 Å². The van der Waals surface area contributed by atoms with E-state index in [0.717, 1.165) is 25.1 Å². The van der Waals surface area contributed by atoms with Crippen LogP contribution in [0.4, 0.5) is 5.69 Å². The fraction of sp³-hybridized carbons (Fsp3) is 0.0833. The molecule has 250 valence electrons. The van der Waals surface area contributed by atoms with Crippen molar-refractivity contribution in [3.63, 3.8) is 0 Å². The lowest BCUT2D eigenvalue weighted by Gasteiger charge is -2.46. The lowest BCUT2D eigenvalue weighted by molar-refractivity contribution is 0.667. The summed E-state index contributed by atoms with van der Waals surface area (Å²) >= 11 is 3.81. The van der Waals surface area contributed by atoms with Crippen molar-refractivity contribution in [2.45, 2.75) is 37.8 Å². The van der Waals surface area contributed by atoms with E-state index in [4.69, 9.17) is 0 Å². The summed E-state index contributed by atoms with van der Waals surface area (Å²) in [7, 11) is 0. The van der Waals surface area contributed by atoms with Gasteiger partial charge in [-0.15, -0.1) is 0 Å². The van der Waals surface area contributed by atoms with E-state index < -0.39 is 5.41 Å². The number of hydrogen-bond acceptors (Lipinski definition) is 4. The maximum absolute atomic E-state index is 3.86. The Kier molecular flexibility index (Phi) is 7.81. The van der Waals surface area contributed by atoms with Gasteiger partial charge in [0.2, 0.25) is 0 Å². The minimum Gasteiger partial charge on any atom is -0.381 e. The fourth-order valence-electron chi connectivity index (χ4n) is 8.31.